The zero-order chi connectivity index (χ0) is 15.5. The normalized spacial score (nSPS) is 11.0. The molecular formula is C20H20O2. The maximum Gasteiger partial charge on any atom is 0.134 e. The van der Waals surface area contributed by atoms with Gasteiger partial charge in [-0.15, -0.1) is 0 Å². The van der Waals surface area contributed by atoms with Crippen LogP contribution in [0, 0.1) is 6.92 Å². The number of rotatable bonds is 5. The highest BCUT2D eigenvalue weighted by atomic mass is 16.5. The number of carbonyl (C=O) groups excluding carboxylic acids is 1. The molecule has 112 valence electrons. The number of fused-ring (bicyclic) bond motifs is 2. The highest BCUT2D eigenvalue weighted by Crippen LogP contribution is 2.37. The van der Waals surface area contributed by atoms with E-state index < -0.39 is 0 Å². The SMILES string of the molecule is CC(=O)CCCOc1c2ccccc2c(C)c2ccccc12. The number of ether oxygens (including phenoxy) is 1. The molecule has 3 aromatic rings. The first-order chi connectivity index (χ1) is 10.7. The molecule has 0 bridgehead atoms. The van der Waals surface area contributed by atoms with Crippen LogP contribution in [0.2, 0.25) is 0 Å². The molecule has 22 heavy (non-hydrogen) atoms. The molecule has 0 N–H and O–H groups in total. The molecular weight excluding hydrogens is 272 g/mol. The molecule has 0 aromatic heterocycles. The fourth-order valence-corrected chi connectivity index (χ4v) is 2.96. The Bertz CT molecular complexity index is 777. The molecule has 0 unspecified atom stereocenters. The van der Waals surface area contributed by atoms with Crippen LogP contribution < -0.4 is 4.74 Å². The fraction of sp³-hybridized carbons (Fsp3) is 0.250. The van der Waals surface area contributed by atoms with Crippen molar-refractivity contribution in [2.45, 2.75) is 26.7 Å². The van der Waals surface area contributed by atoms with Gasteiger partial charge in [0.05, 0.1) is 6.61 Å². The van der Waals surface area contributed by atoms with Crippen LogP contribution in [-0.2, 0) is 4.79 Å². The average molecular weight is 292 g/mol. The molecule has 0 amide bonds. The minimum absolute atomic E-state index is 0.210. The van der Waals surface area contributed by atoms with E-state index in [2.05, 4.69) is 43.3 Å². The zero-order valence-corrected chi connectivity index (χ0v) is 13.1. The summed E-state index contributed by atoms with van der Waals surface area (Å²) >= 11 is 0. The molecule has 0 spiro atoms. The van der Waals surface area contributed by atoms with E-state index in [4.69, 9.17) is 4.74 Å². The minimum Gasteiger partial charge on any atom is -0.492 e. The topological polar surface area (TPSA) is 26.3 Å². The van der Waals surface area contributed by atoms with Crippen molar-refractivity contribution in [3.8, 4) is 5.75 Å². The first-order valence-corrected chi connectivity index (χ1v) is 7.71. The summed E-state index contributed by atoms with van der Waals surface area (Å²) < 4.78 is 6.09. The number of hydrogen-bond acceptors (Lipinski definition) is 2. The Morgan fingerprint density at radius 3 is 1.91 bits per heavy atom. The summed E-state index contributed by atoms with van der Waals surface area (Å²) in [5.74, 6) is 1.14. The van der Waals surface area contributed by atoms with Crippen LogP contribution in [0.1, 0.15) is 25.3 Å². The van der Waals surface area contributed by atoms with Gasteiger partial charge in [-0.2, -0.15) is 0 Å². The Labute approximate surface area is 130 Å². The lowest BCUT2D eigenvalue weighted by Gasteiger charge is -2.15. The molecule has 3 rings (SSSR count). The molecule has 0 aliphatic carbocycles. The number of aryl methyl sites for hydroxylation is 1. The second-order valence-electron chi connectivity index (χ2n) is 5.70. The molecule has 2 heteroatoms. The van der Waals surface area contributed by atoms with Crippen molar-refractivity contribution in [1.29, 1.82) is 0 Å². The standard InChI is InChI=1S/C20H20O2/c1-14(21)8-7-13-22-20-18-11-5-3-9-16(18)15(2)17-10-4-6-12-19(17)20/h3-6,9-12H,7-8,13H2,1-2H3. The number of Topliss-reactive ketones (excluding diaryl/α,β-unsaturated/α-hetero) is 1. The van der Waals surface area contributed by atoms with Crippen molar-refractivity contribution >= 4 is 27.3 Å². The van der Waals surface area contributed by atoms with Crippen LogP contribution in [0.25, 0.3) is 21.5 Å². The second kappa shape index (κ2) is 6.18. The third-order valence-corrected chi connectivity index (χ3v) is 4.07. The number of ketones is 1. The van der Waals surface area contributed by atoms with Crippen LogP contribution in [0.15, 0.2) is 48.5 Å². The van der Waals surface area contributed by atoms with E-state index in [0.29, 0.717) is 13.0 Å². The molecule has 0 aliphatic rings. The molecule has 0 heterocycles. The van der Waals surface area contributed by atoms with Gasteiger partial charge in [-0.25, -0.2) is 0 Å². The molecule has 0 saturated heterocycles. The molecule has 3 aromatic carbocycles. The molecule has 0 aliphatic heterocycles. The Morgan fingerprint density at radius 1 is 0.909 bits per heavy atom. The minimum atomic E-state index is 0.210. The van der Waals surface area contributed by atoms with Crippen LogP contribution in [0.3, 0.4) is 0 Å². The molecule has 0 radical (unpaired) electrons. The maximum atomic E-state index is 11.1. The van der Waals surface area contributed by atoms with Gasteiger partial charge in [-0.1, -0.05) is 48.5 Å². The van der Waals surface area contributed by atoms with E-state index >= 15 is 0 Å². The monoisotopic (exact) mass is 292 g/mol. The summed E-state index contributed by atoms with van der Waals surface area (Å²) in [4.78, 5) is 11.1. The molecule has 2 nitrogen and oxygen atoms in total. The summed E-state index contributed by atoms with van der Waals surface area (Å²) in [6.45, 7) is 4.34. The Balaban J connectivity index is 2.08. The first-order valence-electron chi connectivity index (χ1n) is 7.71. The Hall–Kier alpha value is -2.35. The average Bonchev–Trinajstić information content (AvgIpc) is 2.54. The van der Waals surface area contributed by atoms with Crippen molar-refractivity contribution in [3.63, 3.8) is 0 Å². The van der Waals surface area contributed by atoms with Crippen molar-refractivity contribution in [1.82, 2.24) is 0 Å². The number of carbonyl (C=O) groups is 1. The van der Waals surface area contributed by atoms with Crippen molar-refractivity contribution < 1.29 is 9.53 Å². The third-order valence-electron chi connectivity index (χ3n) is 4.07. The summed E-state index contributed by atoms with van der Waals surface area (Å²) in [6.07, 6.45) is 1.33. The van der Waals surface area contributed by atoms with E-state index in [1.807, 2.05) is 12.1 Å². The van der Waals surface area contributed by atoms with Gasteiger partial charge >= 0.3 is 0 Å². The fourth-order valence-electron chi connectivity index (χ4n) is 2.96. The van der Waals surface area contributed by atoms with E-state index in [9.17, 15) is 4.79 Å². The number of benzene rings is 3. The van der Waals surface area contributed by atoms with Gasteiger partial charge in [0.25, 0.3) is 0 Å². The van der Waals surface area contributed by atoms with Crippen molar-refractivity contribution in [2.75, 3.05) is 6.61 Å². The quantitative estimate of drug-likeness (QED) is 0.486. The third kappa shape index (κ3) is 2.69. The van der Waals surface area contributed by atoms with Gasteiger partial charge in [0, 0.05) is 17.2 Å². The Kier molecular flexibility index (Phi) is 4.10. The van der Waals surface area contributed by atoms with Gasteiger partial charge in [-0.3, -0.25) is 0 Å². The smallest absolute Gasteiger partial charge is 0.134 e. The molecule has 0 saturated carbocycles. The van der Waals surface area contributed by atoms with Gasteiger partial charge in [0.15, 0.2) is 0 Å². The molecule has 0 atom stereocenters. The maximum absolute atomic E-state index is 11.1. The predicted octanol–water partition coefficient (Wildman–Crippen LogP) is 5.05. The lowest BCUT2D eigenvalue weighted by molar-refractivity contribution is -0.117. The predicted molar refractivity (Wildman–Crippen MR) is 91.6 cm³/mol. The van der Waals surface area contributed by atoms with Crippen LogP contribution in [-0.4, -0.2) is 12.4 Å². The van der Waals surface area contributed by atoms with Gasteiger partial charge in [0.2, 0.25) is 0 Å². The lowest BCUT2D eigenvalue weighted by atomic mass is 9.96. The summed E-state index contributed by atoms with van der Waals surface area (Å²) in [5.41, 5.74) is 1.28. The van der Waals surface area contributed by atoms with Gasteiger partial charge in [0.1, 0.15) is 11.5 Å². The highest BCUT2D eigenvalue weighted by molar-refractivity contribution is 6.08. The van der Waals surface area contributed by atoms with E-state index in [1.54, 1.807) is 6.92 Å². The zero-order valence-electron chi connectivity index (χ0n) is 13.1. The number of hydrogen-bond donors (Lipinski definition) is 0. The summed E-state index contributed by atoms with van der Waals surface area (Å²) in [5, 5.41) is 4.73. The first kappa shape index (κ1) is 14.6. The lowest BCUT2D eigenvalue weighted by Crippen LogP contribution is -2.02. The van der Waals surface area contributed by atoms with Gasteiger partial charge < -0.3 is 9.53 Å². The van der Waals surface area contributed by atoms with Crippen LogP contribution in [0.4, 0.5) is 0 Å². The largest absolute Gasteiger partial charge is 0.492 e. The van der Waals surface area contributed by atoms with E-state index in [1.165, 1.54) is 16.3 Å². The van der Waals surface area contributed by atoms with Crippen molar-refractivity contribution in [2.24, 2.45) is 0 Å². The van der Waals surface area contributed by atoms with E-state index in [-0.39, 0.29) is 5.78 Å². The Morgan fingerprint density at radius 2 is 1.41 bits per heavy atom. The summed E-state index contributed by atoms with van der Waals surface area (Å²) in [7, 11) is 0. The summed E-state index contributed by atoms with van der Waals surface area (Å²) in [6, 6.07) is 16.7. The van der Waals surface area contributed by atoms with Crippen LogP contribution >= 0.6 is 0 Å². The highest BCUT2D eigenvalue weighted by Gasteiger charge is 2.11. The van der Waals surface area contributed by atoms with Gasteiger partial charge in [-0.05, 0) is 36.6 Å². The van der Waals surface area contributed by atoms with Crippen molar-refractivity contribution in [3.05, 3.63) is 54.1 Å². The second-order valence-corrected chi connectivity index (χ2v) is 5.70. The van der Waals surface area contributed by atoms with E-state index in [0.717, 1.165) is 22.9 Å². The van der Waals surface area contributed by atoms with Crippen LogP contribution in [0.5, 0.6) is 5.75 Å². The molecule has 0 fully saturated rings.